The molecule has 4 nitrogen and oxygen atoms in total. The highest BCUT2D eigenvalue weighted by Crippen LogP contribution is 2.23. The van der Waals surface area contributed by atoms with Crippen LogP contribution in [0.4, 0.5) is 0 Å². The van der Waals surface area contributed by atoms with Gasteiger partial charge < -0.3 is 15.4 Å². The standard InChI is InChI=1S/C14H19N3O/c1-9-6-12(7-10(2)13(9)18)8-17-11(3)14-15-4-5-16-14/h4-7,11,17-18H,8H2,1-3H3,(H,15,16). The van der Waals surface area contributed by atoms with Crippen molar-refractivity contribution in [3.63, 3.8) is 0 Å². The molecule has 0 spiro atoms. The average molecular weight is 245 g/mol. The highest BCUT2D eigenvalue weighted by atomic mass is 16.3. The SMILES string of the molecule is Cc1cc(CNC(C)c2ncc[nH]2)cc(C)c1O. The van der Waals surface area contributed by atoms with Crippen LogP contribution in [0.2, 0.25) is 0 Å². The van der Waals surface area contributed by atoms with E-state index in [0.717, 1.165) is 23.5 Å². The predicted molar refractivity (Wildman–Crippen MR) is 71.4 cm³/mol. The minimum atomic E-state index is 0.175. The number of aromatic nitrogens is 2. The number of imidazole rings is 1. The van der Waals surface area contributed by atoms with Gasteiger partial charge in [-0.05, 0) is 37.5 Å². The molecule has 0 aliphatic rings. The summed E-state index contributed by atoms with van der Waals surface area (Å²) in [4.78, 5) is 7.31. The lowest BCUT2D eigenvalue weighted by Crippen LogP contribution is -2.19. The van der Waals surface area contributed by atoms with E-state index in [-0.39, 0.29) is 6.04 Å². The monoisotopic (exact) mass is 245 g/mol. The molecule has 0 bridgehead atoms. The Kier molecular flexibility index (Phi) is 3.67. The van der Waals surface area contributed by atoms with Crippen LogP contribution in [0.5, 0.6) is 5.75 Å². The summed E-state index contributed by atoms with van der Waals surface area (Å²) in [6.07, 6.45) is 3.57. The number of benzene rings is 1. The highest BCUT2D eigenvalue weighted by molar-refractivity contribution is 5.42. The number of nitrogens with zero attached hydrogens (tertiary/aromatic N) is 1. The molecule has 0 radical (unpaired) electrons. The van der Waals surface area contributed by atoms with Crippen LogP contribution in [0, 0.1) is 13.8 Å². The first-order chi connectivity index (χ1) is 8.58. The molecule has 1 aromatic carbocycles. The minimum Gasteiger partial charge on any atom is -0.507 e. The Bertz CT molecular complexity index is 497. The lowest BCUT2D eigenvalue weighted by Gasteiger charge is -2.13. The molecule has 0 saturated carbocycles. The Morgan fingerprint density at radius 1 is 1.33 bits per heavy atom. The first-order valence-electron chi connectivity index (χ1n) is 6.09. The first kappa shape index (κ1) is 12.6. The van der Waals surface area contributed by atoms with Crippen LogP contribution in [0.3, 0.4) is 0 Å². The number of aromatic amines is 1. The van der Waals surface area contributed by atoms with E-state index in [0.29, 0.717) is 5.75 Å². The van der Waals surface area contributed by atoms with E-state index in [1.807, 2.05) is 32.2 Å². The molecule has 18 heavy (non-hydrogen) atoms. The number of phenols is 1. The lowest BCUT2D eigenvalue weighted by atomic mass is 10.1. The second kappa shape index (κ2) is 5.23. The Morgan fingerprint density at radius 2 is 2.00 bits per heavy atom. The van der Waals surface area contributed by atoms with Crippen LogP contribution in [0.25, 0.3) is 0 Å². The molecule has 0 amide bonds. The van der Waals surface area contributed by atoms with E-state index in [4.69, 9.17) is 0 Å². The van der Waals surface area contributed by atoms with Gasteiger partial charge in [0, 0.05) is 18.9 Å². The molecule has 1 heterocycles. The van der Waals surface area contributed by atoms with Gasteiger partial charge in [0.15, 0.2) is 0 Å². The summed E-state index contributed by atoms with van der Waals surface area (Å²) < 4.78 is 0. The minimum absolute atomic E-state index is 0.175. The molecule has 0 aliphatic carbocycles. The molecule has 1 atom stereocenters. The molecule has 0 fully saturated rings. The quantitative estimate of drug-likeness (QED) is 0.776. The fraction of sp³-hybridized carbons (Fsp3) is 0.357. The second-order valence-electron chi connectivity index (χ2n) is 4.66. The number of aromatic hydroxyl groups is 1. The van der Waals surface area contributed by atoms with E-state index >= 15 is 0 Å². The molecular weight excluding hydrogens is 226 g/mol. The largest absolute Gasteiger partial charge is 0.507 e. The third kappa shape index (κ3) is 2.71. The van der Waals surface area contributed by atoms with E-state index in [1.54, 1.807) is 6.20 Å². The predicted octanol–water partition coefficient (Wildman–Crippen LogP) is 2.58. The van der Waals surface area contributed by atoms with Crippen molar-refractivity contribution in [3.05, 3.63) is 47.0 Å². The summed E-state index contributed by atoms with van der Waals surface area (Å²) in [6.45, 7) is 6.66. The van der Waals surface area contributed by atoms with Crippen molar-refractivity contribution >= 4 is 0 Å². The summed E-state index contributed by atoms with van der Waals surface area (Å²) >= 11 is 0. The molecule has 4 heteroatoms. The Balaban J connectivity index is 2.02. The van der Waals surface area contributed by atoms with E-state index in [1.165, 1.54) is 5.56 Å². The number of hydrogen-bond acceptors (Lipinski definition) is 3. The summed E-state index contributed by atoms with van der Waals surface area (Å²) in [5, 5.41) is 13.1. The van der Waals surface area contributed by atoms with E-state index in [9.17, 15) is 5.11 Å². The van der Waals surface area contributed by atoms with Crippen molar-refractivity contribution in [2.75, 3.05) is 0 Å². The molecule has 1 unspecified atom stereocenters. The zero-order valence-corrected chi connectivity index (χ0v) is 11.0. The Morgan fingerprint density at radius 3 is 2.56 bits per heavy atom. The van der Waals surface area contributed by atoms with Crippen molar-refractivity contribution in [1.82, 2.24) is 15.3 Å². The molecule has 0 aliphatic heterocycles. The number of phenolic OH excluding ortho intramolecular Hbond substituents is 1. The van der Waals surface area contributed by atoms with Gasteiger partial charge in [-0.15, -0.1) is 0 Å². The van der Waals surface area contributed by atoms with Crippen LogP contribution >= 0.6 is 0 Å². The normalized spacial score (nSPS) is 12.6. The molecule has 2 aromatic rings. The molecule has 3 N–H and O–H groups in total. The number of nitrogens with one attached hydrogen (secondary N) is 2. The van der Waals surface area contributed by atoms with Gasteiger partial charge in [0.05, 0.1) is 6.04 Å². The molecule has 2 rings (SSSR count). The van der Waals surface area contributed by atoms with E-state index in [2.05, 4.69) is 22.2 Å². The molecule has 96 valence electrons. The molecular formula is C14H19N3O. The van der Waals surface area contributed by atoms with Gasteiger partial charge in [0.25, 0.3) is 0 Å². The number of hydrogen-bond donors (Lipinski definition) is 3. The maximum atomic E-state index is 9.72. The zero-order valence-electron chi connectivity index (χ0n) is 11.0. The van der Waals surface area contributed by atoms with Gasteiger partial charge in [0.2, 0.25) is 0 Å². The lowest BCUT2D eigenvalue weighted by molar-refractivity contribution is 0.466. The summed E-state index contributed by atoms with van der Waals surface area (Å²) in [5.74, 6) is 1.32. The summed E-state index contributed by atoms with van der Waals surface area (Å²) in [6, 6.07) is 4.18. The van der Waals surface area contributed by atoms with Crippen molar-refractivity contribution < 1.29 is 5.11 Å². The maximum Gasteiger partial charge on any atom is 0.122 e. The number of H-pyrrole nitrogens is 1. The van der Waals surface area contributed by atoms with Gasteiger partial charge in [-0.25, -0.2) is 4.98 Å². The Hall–Kier alpha value is -1.81. The second-order valence-corrected chi connectivity index (χ2v) is 4.66. The third-order valence-corrected chi connectivity index (χ3v) is 3.09. The first-order valence-corrected chi connectivity index (χ1v) is 6.09. The summed E-state index contributed by atoms with van der Waals surface area (Å²) in [7, 11) is 0. The van der Waals surface area contributed by atoms with Crippen molar-refractivity contribution in [2.24, 2.45) is 0 Å². The van der Waals surface area contributed by atoms with Crippen LogP contribution in [0.1, 0.15) is 35.5 Å². The average Bonchev–Trinajstić information content (AvgIpc) is 2.86. The zero-order chi connectivity index (χ0) is 13.1. The Labute approximate surface area is 107 Å². The third-order valence-electron chi connectivity index (χ3n) is 3.09. The van der Waals surface area contributed by atoms with Crippen LogP contribution in [-0.2, 0) is 6.54 Å². The van der Waals surface area contributed by atoms with Gasteiger partial charge in [0.1, 0.15) is 11.6 Å². The fourth-order valence-corrected chi connectivity index (χ4v) is 2.03. The van der Waals surface area contributed by atoms with Gasteiger partial charge in [-0.1, -0.05) is 12.1 Å². The fourth-order valence-electron chi connectivity index (χ4n) is 2.03. The van der Waals surface area contributed by atoms with Crippen LogP contribution in [-0.4, -0.2) is 15.1 Å². The number of rotatable bonds is 4. The van der Waals surface area contributed by atoms with Crippen molar-refractivity contribution in [3.8, 4) is 5.75 Å². The van der Waals surface area contributed by atoms with Gasteiger partial charge in [-0.2, -0.15) is 0 Å². The van der Waals surface area contributed by atoms with Crippen molar-refractivity contribution in [1.29, 1.82) is 0 Å². The van der Waals surface area contributed by atoms with Crippen LogP contribution < -0.4 is 5.32 Å². The van der Waals surface area contributed by atoms with Gasteiger partial charge >= 0.3 is 0 Å². The smallest absolute Gasteiger partial charge is 0.122 e. The van der Waals surface area contributed by atoms with Gasteiger partial charge in [-0.3, -0.25) is 0 Å². The van der Waals surface area contributed by atoms with E-state index < -0.39 is 0 Å². The number of aryl methyl sites for hydroxylation is 2. The molecule has 1 aromatic heterocycles. The highest BCUT2D eigenvalue weighted by Gasteiger charge is 2.08. The molecule has 0 saturated heterocycles. The van der Waals surface area contributed by atoms with Crippen molar-refractivity contribution in [2.45, 2.75) is 33.4 Å². The topological polar surface area (TPSA) is 60.9 Å². The summed E-state index contributed by atoms with van der Waals surface area (Å²) in [5.41, 5.74) is 3.00. The van der Waals surface area contributed by atoms with Crippen LogP contribution in [0.15, 0.2) is 24.5 Å². The maximum absolute atomic E-state index is 9.72.